The number of rotatable bonds is 5. The predicted molar refractivity (Wildman–Crippen MR) is 86.9 cm³/mol. The third kappa shape index (κ3) is 3.24. The number of hydrogen-bond acceptors (Lipinski definition) is 3. The van der Waals surface area contributed by atoms with Crippen LogP contribution in [0.1, 0.15) is 43.9 Å². The number of fused-ring (bicyclic) bond motifs is 1. The maximum Gasteiger partial charge on any atom is 0.119 e. The van der Waals surface area contributed by atoms with Gasteiger partial charge in [-0.15, -0.1) is 0 Å². The lowest BCUT2D eigenvalue weighted by atomic mass is 10.1. The molecule has 0 amide bonds. The van der Waals surface area contributed by atoms with Crippen LogP contribution in [0.3, 0.4) is 0 Å². The Labute approximate surface area is 128 Å². The molecule has 0 saturated carbocycles. The van der Waals surface area contributed by atoms with E-state index in [0.717, 1.165) is 18.2 Å². The molecule has 1 saturated heterocycles. The Morgan fingerprint density at radius 3 is 2.90 bits per heavy atom. The van der Waals surface area contributed by atoms with Gasteiger partial charge in [0.05, 0.1) is 7.11 Å². The number of aryl methyl sites for hydroxylation is 1. The maximum atomic E-state index is 5.37. The second-order valence-electron chi connectivity index (χ2n) is 6.81. The van der Waals surface area contributed by atoms with Crippen LogP contribution in [0, 0.1) is 5.92 Å². The standard InChI is InChI=1S/C18H28N2O/c1-13(2)20-9-8-14(12-20)11-19-18-7-5-15-4-6-16(21-3)10-17(15)18/h4,6,10,13-14,18-19H,5,7-9,11-12H2,1-3H3. The van der Waals surface area contributed by atoms with Crippen LogP contribution in [0.2, 0.25) is 0 Å². The fourth-order valence-electron chi connectivity index (χ4n) is 3.73. The topological polar surface area (TPSA) is 24.5 Å². The molecule has 0 radical (unpaired) electrons. The van der Waals surface area contributed by atoms with Crippen molar-refractivity contribution in [2.24, 2.45) is 5.92 Å². The highest BCUT2D eigenvalue weighted by Gasteiger charge is 2.27. The predicted octanol–water partition coefficient (Wildman–Crippen LogP) is 3.00. The van der Waals surface area contributed by atoms with Crippen LogP contribution in [0.25, 0.3) is 0 Å². The zero-order valence-corrected chi connectivity index (χ0v) is 13.6. The van der Waals surface area contributed by atoms with Crippen molar-refractivity contribution in [3.8, 4) is 5.75 Å². The van der Waals surface area contributed by atoms with Gasteiger partial charge in [-0.3, -0.25) is 0 Å². The minimum atomic E-state index is 0.517. The Morgan fingerprint density at radius 2 is 2.19 bits per heavy atom. The van der Waals surface area contributed by atoms with Crippen LogP contribution >= 0.6 is 0 Å². The Kier molecular flexibility index (Phi) is 4.51. The minimum Gasteiger partial charge on any atom is -0.497 e. The van der Waals surface area contributed by atoms with E-state index in [0.29, 0.717) is 12.1 Å². The molecule has 1 fully saturated rings. The summed E-state index contributed by atoms with van der Waals surface area (Å²) in [4.78, 5) is 2.60. The van der Waals surface area contributed by atoms with Gasteiger partial charge in [-0.2, -0.15) is 0 Å². The van der Waals surface area contributed by atoms with Gasteiger partial charge in [0, 0.05) is 18.6 Å². The Bertz CT molecular complexity index is 486. The van der Waals surface area contributed by atoms with Crippen LogP contribution < -0.4 is 10.1 Å². The molecule has 0 spiro atoms. The summed E-state index contributed by atoms with van der Waals surface area (Å²) in [5.41, 5.74) is 2.94. The first-order valence-electron chi connectivity index (χ1n) is 8.31. The summed E-state index contributed by atoms with van der Waals surface area (Å²) in [6, 6.07) is 7.73. The van der Waals surface area contributed by atoms with Crippen molar-refractivity contribution in [2.75, 3.05) is 26.7 Å². The second-order valence-corrected chi connectivity index (χ2v) is 6.81. The normalized spacial score (nSPS) is 25.5. The summed E-state index contributed by atoms with van der Waals surface area (Å²) < 4.78 is 5.37. The third-order valence-corrected chi connectivity index (χ3v) is 5.13. The van der Waals surface area contributed by atoms with Gasteiger partial charge >= 0.3 is 0 Å². The van der Waals surface area contributed by atoms with E-state index in [1.165, 1.54) is 43.5 Å². The summed E-state index contributed by atoms with van der Waals surface area (Å²) in [6.45, 7) is 8.26. The van der Waals surface area contributed by atoms with Crippen molar-refractivity contribution in [1.82, 2.24) is 10.2 Å². The SMILES string of the molecule is COc1ccc2c(c1)C(NCC1CCN(C(C)C)C1)CC2. The first-order valence-corrected chi connectivity index (χ1v) is 8.31. The smallest absolute Gasteiger partial charge is 0.119 e. The van der Waals surface area contributed by atoms with Gasteiger partial charge in [0.1, 0.15) is 5.75 Å². The van der Waals surface area contributed by atoms with Crippen molar-refractivity contribution in [2.45, 2.75) is 45.2 Å². The van der Waals surface area contributed by atoms with Crippen LogP contribution in [0.5, 0.6) is 5.75 Å². The van der Waals surface area contributed by atoms with Crippen LogP contribution in [0.4, 0.5) is 0 Å². The molecule has 1 aromatic rings. The molecular weight excluding hydrogens is 260 g/mol. The maximum absolute atomic E-state index is 5.37. The Hall–Kier alpha value is -1.06. The van der Waals surface area contributed by atoms with Crippen molar-refractivity contribution in [3.05, 3.63) is 29.3 Å². The third-order valence-electron chi connectivity index (χ3n) is 5.13. The van der Waals surface area contributed by atoms with Gasteiger partial charge in [-0.25, -0.2) is 0 Å². The van der Waals surface area contributed by atoms with Crippen LogP contribution in [-0.4, -0.2) is 37.7 Å². The first kappa shape index (κ1) is 14.9. The Morgan fingerprint density at radius 1 is 1.33 bits per heavy atom. The summed E-state index contributed by atoms with van der Waals surface area (Å²) in [7, 11) is 1.75. The number of ether oxygens (including phenoxy) is 1. The molecular formula is C18H28N2O. The summed E-state index contributed by atoms with van der Waals surface area (Å²) >= 11 is 0. The average molecular weight is 288 g/mol. The van der Waals surface area contributed by atoms with E-state index in [1.54, 1.807) is 7.11 Å². The van der Waals surface area contributed by atoms with Crippen LogP contribution in [-0.2, 0) is 6.42 Å². The molecule has 0 bridgehead atoms. The average Bonchev–Trinajstić information content (AvgIpc) is 3.11. The molecule has 0 aromatic heterocycles. The van der Waals surface area contributed by atoms with E-state index in [2.05, 4.69) is 42.3 Å². The molecule has 1 aromatic carbocycles. The minimum absolute atomic E-state index is 0.517. The van der Waals surface area contributed by atoms with Crippen molar-refractivity contribution >= 4 is 0 Å². The molecule has 1 heterocycles. The summed E-state index contributed by atoms with van der Waals surface area (Å²) in [6.07, 6.45) is 3.76. The fraction of sp³-hybridized carbons (Fsp3) is 0.667. The molecule has 3 nitrogen and oxygen atoms in total. The first-order chi connectivity index (χ1) is 10.2. The van der Waals surface area contributed by atoms with Gasteiger partial charge in [0.2, 0.25) is 0 Å². The van der Waals surface area contributed by atoms with Gasteiger partial charge in [-0.05, 0) is 75.4 Å². The number of hydrogen-bond donors (Lipinski definition) is 1. The van der Waals surface area contributed by atoms with Crippen molar-refractivity contribution in [1.29, 1.82) is 0 Å². The van der Waals surface area contributed by atoms with Crippen molar-refractivity contribution in [3.63, 3.8) is 0 Å². The van der Waals surface area contributed by atoms with E-state index in [1.807, 2.05) is 0 Å². The van der Waals surface area contributed by atoms with Gasteiger partial charge in [0.25, 0.3) is 0 Å². The summed E-state index contributed by atoms with van der Waals surface area (Å²) in [5, 5.41) is 3.81. The molecule has 2 unspecified atom stereocenters. The molecule has 3 heteroatoms. The molecule has 1 N–H and O–H groups in total. The number of likely N-dealkylation sites (tertiary alicyclic amines) is 1. The highest BCUT2D eigenvalue weighted by atomic mass is 16.5. The second kappa shape index (κ2) is 6.37. The number of nitrogens with one attached hydrogen (secondary N) is 1. The lowest BCUT2D eigenvalue weighted by molar-refractivity contribution is 0.262. The van der Waals surface area contributed by atoms with Crippen LogP contribution in [0.15, 0.2) is 18.2 Å². The lowest BCUT2D eigenvalue weighted by Gasteiger charge is -2.21. The van der Waals surface area contributed by atoms with Crippen molar-refractivity contribution < 1.29 is 4.74 Å². The monoisotopic (exact) mass is 288 g/mol. The molecule has 116 valence electrons. The van der Waals surface area contributed by atoms with Gasteiger partial charge in [-0.1, -0.05) is 6.07 Å². The molecule has 2 aliphatic rings. The van der Waals surface area contributed by atoms with Gasteiger partial charge < -0.3 is 15.0 Å². The highest BCUT2D eigenvalue weighted by Crippen LogP contribution is 2.34. The van der Waals surface area contributed by atoms with E-state index < -0.39 is 0 Å². The molecule has 2 atom stereocenters. The Balaban J connectivity index is 1.56. The zero-order chi connectivity index (χ0) is 14.8. The molecule has 1 aliphatic carbocycles. The quantitative estimate of drug-likeness (QED) is 0.901. The number of methoxy groups -OCH3 is 1. The van der Waals surface area contributed by atoms with E-state index in [9.17, 15) is 0 Å². The number of benzene rings is 1. The van der Waals surface area contributed by atoms with E-state index in [-0.39, 0.29) is 0 Å². The van der Waals surface area contributed by atoms with E-state index >= 15 is 0 Å². The molecule has 3 rings (SSSR count). The lowest BCUT2D eigenvalue weighted by Crippen LogP contribution is -2.31. The number of nitrogens with zero attached hydrogens (tertiary/aromatic N) is 1. The molecule has 1 aliphatic heterocycles. The van der Waals surface area contributed by atoms with E-state index in [4.69, 9.17) is 4.74 Å². The molecule has 21 heavy (non-hydrogen) atoms. The zero-order valence-electron chi connectivity index (χ0n) is 13.6. The summed E-state index contributed by atoms with van der Waals surface area (Å²) in [5.74, 6) is 1.79. The van der Waals surface area contributed by atoms with Gasteiger partial charge in [0.15, 0.2) is 0 Å². The fourth-order valence-corrected chi connectivity index (χ4v) is 3.73. The largest absolute Gasteiger partial charge is 0.497 e. The highest BCUT2D eigenvalue weighted by molar-refractivity contribution is 5.40.